The lowest BCUT2D eigenvalue weighted by Gasteiger charge is -2.21. The summed E-state index contributed by atoms with van der Waals surface area (Å²) in [6.45, 7) is 3.19. The molecule has 3 aromatic carbocycles. The number of benzene rings is 3. The first-order valence-electron chi connectivity index (χ1n) is 11.0. The molecule has 2 atom stereocenters. The van der Waals surface area contributed by atoms with E-state index in [-0.39, 0.29) is 5.92 Å². The molecule has 0 aliphatic rings. The van der Waals surface area contributed by atoms with Crippen molar-refractivity contribution in [3.63, 3.8) is 0 Å². The van der Waals surface area contributed by atoms with Gasteiger partial charge in [-0.1, -0.05) is 85.0 Å². The van der Waals surface area contributed by atoms with E-state index in [4.69, 9.17) is 21.7 Å². The maximum atomic E-state index is 11.3. The van der Waals surface area contributed by atoms with Crippen LogP contribution in [0.3, 0.4) is 0 Å². The molecule has 0 heterocycles. The number of thiocarbonyl (C=S) groups is 1. The van der Waals surface area contributed by atoms with Crippen LogP contribution in [0.5, 0.6) is 5.75 Å². The highest BCUT2D eigenvalue weighted by atomic mass is 32.1. The first-order chi connectivity index (χ1) is 16.1. The van der Waals surface area contributed by atoms with Crippen molar-refractivity contribution >= 4 is 23.2 Å². The van der Waals surface area contributed by atoms with E-state index in [0.29, 0.717) is 31.9 Å². The van der Waals surface area contributed by atoms with E-state index in [1.165, 1.54) is 0 Å². The molecule has 0 bridgehead atoms. The smallest absolute Gasteiger partial charge is 0.333 e. The van der Waals surface area contributed by atoms with Gasteiger partial charge >= 0.3 is 5.97 Å². The fourth-order valence-corrected chi connectivity index (χ4v) is 3.73. The molecule has 0 spiro atoms. The molecular weight excluding hydrogens is 434 g/mol. The van der Waals surface area contributed by atoms with Crippen molar-refractivity contribution in [2.24, 2.45) is 0 Å². The van der Waals surface area contributed by atoms with Crippen LogP contribution in [0.15, 0.2) is 84.9 Å². The largest absolute Gasteiger partial charge is 0.493 e. The first-order valence-corrected chi connectivity index (χ1v) is 11.4. The van der Waals surface area contributed by atoms with Crippen LogP contribution in [0.2, 0.25) is 0 Å². The number of rotatable bonds is 12. The van der Waals surface area contributed by atoms with Gasteiger partial charge in [0.1, 0.15) is 12.4 Å². The molecule has 0 aliphatic carbocycles. The van der Waals surface area contributed by atoms with Crippen LogP contribution in [0.4, 0.5) is 0 Å². The standard InChI is InChI=1S/C27H29NO4S/c1-2-31-25(27(29)30)17-20-13-15-23(16-14-20)32-19-24(22-11-7-4-8-12-22)26(33)28-18-21-9-5-3-6-10-21/h3-16,24-25H,2,17-19H2,1H3,(H,28,33)(H,29,30)/t24-,25+/m1/s1. The van der Waals surface area contributed by atoms with E-state index < -0.39 is 12.1 Å². The van der Waals surface area contributed by atoms with Gasteiger partial charge in [0.2, 0.25) is 0 Å². The van der Waals surface area contributed by atoms with Crippen molar-refractivity contribution in [3.05, 3.63) is 102 Å². The van der Waals surface area contributed by atoms with Gasteiger partial charge in [0.05, 0.1) is 10.9 Å². The molecule has 6 heteroatoms. The first kappa shape index (κ1) is 24.4. The van der Waals surface area contributed by atoms with E-state index >= 15 is 0 Å². The maximum absolute atomic E-state index is 11.3. The summed E-state index contributed by atoms with van der Waals surface area (Å²) in [4.78, 5) is 12.0. The molecule has 0 amide bonds. The quantitative estimate of drug-likeness (QED) is 0.369. The van der Waals surface area contributed by atoms with Gasteiger partial charge in [-0.2, -0.15) is 0 Å². The van der Waals surface area contributed by atoms with Crippen LogP contribution >= 0.6 is 12.2 Å². The predicted molar refractivity (Wildman–Crippen MR) is 134 cm³/mol. The number of hydrogen-bond donors (Lipinski definition) is 2. The second-order valence-corrected chi connectivity index (χ2v) is 8.05. The SMILES string of the molecule is CCO[C@@H](Cc1ccc(OC[C@@H](C(=S)NCc2ccccc2)c2ccccc2)cc1)C(=O)O. The highest BCUT2D eigenvalue weighted by Gasteiger charge is 2.19. The average Bonchev–Trinajstić information content (AvgIpc) is 2.85. The van der Waals surface area contributed by atoms with Crippen molar-refractivity contribution in [1.29, 1.82) is 0 Å². The Bertz CT molecular complexity index is 1010. The van der Waals surface area contributed by atoms with Gasteiger partial charge in [0.15, 0.2) is 6.10 Å². The molecule has 0 fully saturated rings. The molecule has 0 unspecified atom stereocenters. The number of carboxylic acids is 1. The number of carboxylic acid groups (broad SMARTS) is 1. The molecule has 0 saturated carbocycles. The molecule has 33 heavy (non-hydrogen) atoms. The van der Waals surface area contributed by atoms with E-state index in [2.05, 4.69) is 17.4 Å². The molecule has 2 N–H and O–H groups in total. The molecule has 0 aliphatic heterocycles. The molecule has 5 nitrogen and oxygen atoms in total. The van der Waals surface area contributed by atoms with E-state index in [1.807, 2.05) is 72.8 Å². The van der Waals surface area contributed by atoms with Crippen LogP contribution in [0, 0.1) is 0 Å². The summed E-state index contributed by atoms with van der Waals surface area (Å²) in [5.74, 6) is -0.354. The molecule has 3 aromatic rings. The minimum atomic E-state index is -0.959. The summed E-state index contributed by atoms with van der Waals surface area (Å²) >= 11 is 5.73. The Morgan fingerprint density at radius 2 is 1.58 bits per heavy atom. The van der Waals surface area contributed by atoms with Crippen LogP contribution in [0.25, 0.3) is 0 Å². The van der Waals surface area contributed by atoms with Crippen LogP contribution in [-0.2, 0) is 22.5 Å². The molecular formula is C27H29NO4S. The molecule has 0 radical (unpaired) electrons. The minimum absolute atomic E-state index is 0.0982. The van der Waals surface area contributed by atoms with E-state index in [9.17, 15) is 9.90 Å². The lowest BCUT2D eigenvalue weighted by molar-refractivity contribution is -0.149. The average molecular weight is 464 g/mol. The Labute approximate surface area is 200 Å². The van der Waals surface area contributed by atoms with E-state index in [1.54, 1.807) is 6.92 Å². The second kappa shape index (κ2) is 12.7. The number of carbonyl (C=O) groups is 1. The Morgan fingerprint density at radius 1 is 0.939 bits per heavy atom. The van der Waals surface area contributed by atoms with Gasteiger partial charge in [-0.3, -0.25) is 0 Å². The molecule has 172 valence electrons. The summed E-state index contributed by atoms with van der Waals surface area (Å²) in [6, 6.07) is 27.6. The Balaban J connectivity index is 1.63. The molecule has 0 saturated heterocycles. The highest BCUT2D eigenvalue weighted by molar-refractivity contribution is 7.80. The second-order valence-electron chi connectivity index (χ2n) is 7.61. The third-order valence-corrected chi connectivity index (χ3v) is 5.66. The van der Waals surface area contributed by atoms with Gasteiger partial charge < -0.3 is 19.9 Å². The zero-order valence-electron chi connectivity index (χ0n) is 18.6. The van der Waals surface area contributed by atoms with Crippen LogP contribution in [-0.4, -0.2) is 35.4 Å². The van der Waals surface area contributed by atoms with Crippen molar-refractivity contribution < 1.29 is 19.4 Å². The van der Waals surface area contributed by atoms with Gasteiger partial charge in [-0.25, -0.2) is 4.79 Å². The summed E-state index contributed by atoms with van der Waals surface area (Å²) in [7, 11) is 0. The third-order valence-electron chi connectivity index (χ3n) is 5.23. The maximum Gasteiger partial charge on any atom is 0.333 e. The van der Waals surface area contributed by atoms with Crippen LogP contribution in [0.1, 0.15) is 29.5 Å². The van der Waals surface area contributed by atoms with Crippen LogP contribution < -0.4 is 10.1 Å². The summed E-state index contributed by atoms with van der Waals surface area (Å²) in [5, 5.41) is 12.6. The summed E-state index contributed by atoms with van der Waals surface area (Å²) in [6.07, 6.45) is -0.541. The van der Waals surface area contributed by atoms with Gasteiger partial charge in [0, 0.05) is 19.6 Å². The summed E-state index contributed by atoms with van der Waals surface area (Å²) in [5.41, 5.74) is 3.12. The minimum Gasteiger partial charge on any atom is -0.493 e. The van der Waals surface area contributed by atoms with Crippen molar-refractivity contribution in [3.8, 4) is 5.75 Å². The fraction of sp³-hybridized carbons (Fsp3) is 0.259. The molecule has 3 rings (SSSR count). The lowest BCUT2D eigenvalue weighted by atomic mass is 9.99. The Hall–Kier alpha value is -3.22. The fourth-order valence-electron chi connectivity index (χ4n) is 3.45. The highest BCUT2D eigenvalue weighted by Crippen LogP contribution is 2.21. The van der Waals surface area contributed by atoms with Gasteiger partial charge in [-0.05, 0) is 35.7 Å². The van der Waals surface area contributed by atoms with Crippen molar-refractivity contribution in [2.45, 2.75) is 31.9 Å². The zero-order chi connectivity index (χ0) is 23.5. The van der Waals surface area contributed by atoms with E-state index in [0.717, 1.165) is 21.7 Å². The van der Waals surface area contributed by atoms with Gasteiger partial charge in [0.25, 0.3) is 0 Å². The van der Waals surface area contributed by atoms with Crippen molar-refractivity contribution in [1.82, 2.24) is 5.32 Å². The van der Waals surface area contributed by atoms with Gasteiger partial charge in [-0.15, -0.1) is 0 Å². The number of nitrogens with one attached hydrogen (secondary N) is 1. The lowest BCUT2D eigenvalue weighted by Crippen LogP contribution is -2.30. The third kappa shape index (κ3) is 7.70. The van der Waals surface area contributed by atoms with Crippen molar-refractivity contribution in [2.75, 3.05) is 13.2 Å². The number of hydrogen-bond acceptors (Lipinski definition) is 4. The normalized spacial score (nSPS) is 12.5. The number of aliphatic carboxylic acids is 1. The zero-order valence-corrected chi connectivity index (χ0v) is 19.5. The monoisotopic (exact) mass is 463 g/mol. The Morgan fingerprint density at radius 3 is 2.18 bits per heavy atom. The molecule has 0 aromatic heterocycles. The Kier molecular flexibility index (Phi) is 9.42. The summed E-state index contributed by atoms with van der Waals surface area (Å²) < 4.78 is 11.4. The predicted octanol–water partition coefficient (Wildman–Crippen LogP) is 5.00. The topological polar surface area (TPSA) is 67.8 Å². The number of ether oxygens (including phenoxy) is 2.